The molecule has 2 N–H and O–H groups in total. The number of hydrogen-bond acceptors (Lipinski definition) is 2. The van der Waals surface area contributed by atoms with E-state index in [-0.39, 0.29) is 0 Å². The Balaban J connectivity index is 2.36. The number of nitrogens with two attached hydrogens (primary N) is 1. The number of anilines is 1. The van der Waals surface area contributed by atoms with Crippen molar-refractivity contribution < 1.29 is 0 Å². The largest absolute Gasteiger partial charge is 0.372 e. The fourth-order valence-corrected chi connectivity index (χ4v) is 2.16. The molecule has 0 fully saturated rings. The lowest BCUT2D eigenvalue weighted by molar-refractivity contribution is 0.619. The minimum absolute atomic E-state index is 0.832. The van der Waals surface area contributed by atoms with E-state index >= 15 is 0 Å². The van der Waals surface area contributed by atoms with Crippen LogP contribution in [0.5, 0.6) is 0 Å². The zero-order valence-corrected chi connectivity index (χ0v) is 11.8. The van der Waals surface area contributed by atoms with Crippen LogP contribution in [0.15, 0.2) is 30.3 Å². The maximum Gasteiger partial charge on any atom is 0.0366 e. The molecule has 0 amide bonds. The second kappa shape index (κ2) is 9.95. The normalized spacial score (nSPS) is 10.6. The highest BCUT2D eigenvalue weighted by molar-refractivity contribution is 5.45. The van der Waals surface area contributed by atoms with Crippen LogP contribution in [-0.4, -0.2) is 19.6 Å². The Hall–Kier alpha value is -1.02. The molecule has 0 aromatic heterocycles. The summed E-state index contributed by atoms with van der Waals surface area (Å²) in [5.74, 6) is 0. The van der Waals surface area contributed by atoms with E-state index in [0.29, 0.717) is 0 Å². The molecule has 1 aromatic rings. The van der Waals surface area contributed by atoms with Crippen LogP contribution in [0, 0.1) is 0 Å². The Morgan fingerprint density at radius 1 is 0.889 bits per heavy atom. The third-order valence-electron chi connectivity index (χ3n) is 3.29. The summed E-state index contributed by atoms with van der Waals surface area (Å²) in [7, 11) is 0. The zero-order valence-electron chi connectivity index (χ0n) is 11.8. The van der Waals surface area contributed by atoms with Crippen molar-refractivity contribution in [3.8, 4) is 0 Å². The molecule has 0 spiro atoms. The van der Waals surface area contributed by atoms with Crippen molar-refractivity contribution >= 4 is 5.69 Å². The van der Waals surface area contributed by atoms with Gasteiger partial charge in [-0.2, -0.15) is 0 Å². The summed E-state index contributed by atoms with van der Waals surface area (Å²) >= 11 is 0. The molecule has 2 nitrogen and oxygen atoms in total. The molecule has 0 radical (unpaired) electrons. The molecule has 1 rings (SSSR count). The van der Waals surface area contributed by atoms with E-state index in [2.05, 4.69) is 42.2 Å². The van der Waals surface area contributed by atoms with Crippen molar-refractivity contribution in [1.82, 2.24) is 0 Å². The van der Waals surface area contributed by atoms with Crippen molar-refractivity contribution in [2.45, 2.75) is 45.4 Å². The third kappa shape index (κ3) is 6.06. The molecule has 1 aromatic carbocycles. The van der Waals surface area contributed by atoms with Gasteiger partial charge in [-0.1, -0.05) is 44.4 Å². The van der Waals surface area contributed by atoms with Gasteiger partial charge in [0.25, 0.3) is 0 Å². The van der Waals surface area contributed by atoms with Gasteiger partial charge >= 0.3 is 0 Å². The molecule has 0 bridgehead atoms. The Morgan fingerprint density at radius 2 is 1.56 bits per heavy atom. The molecule has 0 saturated heterocycles. The van der Waals surface area contributed by atoms with Crippen molar-refractivity contribution in [3.05, 3.63) is 30.3 Å². The van der Waals surface area contributed by atoms with Gasteiger partial charge in [0.15, 0.2) is 0 Å². The van der Waals surface area contributed by atoms with Gasteiger partial charge in [-0.15, -0.1) is 0 Å². The van der Waals surface area contributed by atoms with Gasteiger partial charge in [0, 0.05) is 18.8 Å². The first-order chi connectivity index (χ1) is 8.88. The number of hydrogen-bond donors (Lipinski definition) is 1. The minimum atomic E-state index is 0.832. The molecular formula is C16H28N2. The van der Waals surface area contributed by atoms with Crippen molar-refractivity contribution in [2.75, 3.05) is 24.5 Å². The number of unbranched alkanes of at least 4 members (excludes halogenated alkanes) is 4. The number of rotatable bonds is 10. The highest BCUT2D eigenvalue weighted by atomic mass is 15.1. The topological polar surface area (TPSA) is 29.3 Å². The van der Waals surface area contributed by atoms with Crippen LogP contribution in [0.2, 0.25) is 0 Å². The average molecular weight is 248 g/mol. The highest BCUT2D eigenvalue weighted by Crippen LogP contribution is 2.15. The van der Waals surface area contributed by atoms with Gasteiger partial charge in [-0.3, -0.25) is 0 Å². The molecule has 0 aliphatic carbocycles. The Labute approximate surface area is 112 Å². The van der Waals surface area contributed by atoms with E-state index in [1.165, 1.54) is 57.3 Å². The average Bonchev–Trinajstić information content (AvgIpc) is 2.43. The highest BCUT2D eigenvalue weighted by Gasteiger charge is 2.04. The molecular weight excluding hydrogens is 220 g/mol. The lowest BCUT2D eigenvalue weighted by Crippen LogP contribution is -2.25. The van der Waals surface area contributed by atoms with E-state index in [1.807, 2.05) is 0 Å². The summed E-state index contributed by atoms with van der Waals surface area (Å²) in [6, 6.07) is 10.8. The molecule has 0 aliphatic rings. The van der Waals surface area contributed by atoms with E-state index in [1.54, 1.807) is 0 Å². The second-order valence-corrected chi connectivity index (χ2v) is 4.88. The van der Waals surface area contributed by atoms with Crippen LogP contribution >= 0.6 is 0 Å². The first kappa shape index (κ1) is 15.0. The maximum absolute atomic E-state index is 5.52. The van der Waals surface area contributed by atoms with Crippen LogP contribution in [0.25, 0.3) is 0 Å². The van der Waals surface area contributed by atoms with Crippen molar-refractivity contribution in [1.29, 1.82) is 0 Å². The maximum atomic E-state index is 5.52. The molecule has 0 heterocycles. The summed E-state index contributed by atoms with van der Waals surface area (Å²) in [4.78, 5) is 2.52. The summed E-state index contributed by atoms with van der Waals surface area (Å²) in [6.45, 7) is 5.44. The van der Waals surface area contributed by atoms with E-state index in [0.717, 1.165) is 6.54 Å². The predicted octanol–water partition coefficient (Wildman–Crippen LogP) is 3.81. The van der Waals surface area contributed by atoms with Gasteiger partial charge in [-0.25, -0.2) is 0 Å². The van der Waals surface area contributed by atoms with Crippen LogP contribution in [0.4, 0.5) is 5.69 Å². The van der Waals surface area contributed by atoms with Crippen molar-refractivity contribution in [3.63, 3.8) is 0 Å². The lowest BCUT2D eigenvalue weighted by atomic mass is 10.1. The van der Waals surface area contributed by atoms with E-state index in [9.17, 15) is 0 Å². The summed E-state index contributed by atoms with van der Waals surface area (Å²) in [5.41, 5.74) is 6.88. The van der Waals surface area contributed by atoms with E-state index in [4.69, 9.17) is 5.73 Å². The van der Waals surface area contributed by atoms with E-state index < -0.39 is 0 Å². The summed E-state index contributed by atoms with van der Waals surface area (Å²) < 4.78 is 0. The Kier molecular flexibility index (Phi) is 8.32. The van der Waals surface area contributed by atoms with Gasteiger partial charge in [0.05, 0.1) is 0 Å². The summed E-state index contributed by atoms with van der Waals surface area (Å²) in [6.07, 6.45) is 7.55. The SMILES string of the molecule is CCCCN(CCCCCCN)c1ccccc1. The van der Waals surface area contributed by atoms with Gasteiger partial charge < -0.3 is 10.6 Å². The molecule has 0 unspecified atom stereocenters. The molecule has 2 heteroatoms. The molecule has 102 valence electrons. The molecule has 0 atom stereocenters. The van der Waals surface area contributed by atoms with Crippen LogP contribution in [-0.2, 0) is 0 Å². The second-order valence-electron chi connectivity index (χ2n) is 4.88. The molecule has 18 heavy (non-hydrogen) atoms. The number of para-hydroxylation sites is 1. The van der Waals surface area contributed by atoms with Crippen LogP contribution in [0.1, 0.15) is 45.4 Å². The molecule has 0 saturated carbocycles. The van der Waals surface area contributed by atoms with Crippen LogP contribution in [0.3, 0.4) is 0 Å². The van der Waals surface area contributed by atoms with Gasteiger partial charge in [-0.05, 0) is 37.9 Å². The van der Waals surface area contributed by atoms with Crippen LogP contribution < -0.4 is 10.6 Å². The Bertz CT molecular complexity index is 284. The minimum Gasteiger partial charge on any atom is -0.372 e. The number of nitrogens with zero attached hydrogens (tertiary/aromatic N) is 1. The fourth-order valence-electron chi connectivity index (χ4n) is 2.16. The first-order valence-corrected chi connectivity index (χ1v) is 7.38. The predicted molar refractivity (Wildman–Crippen MR) is 81.1 cm³/mol. The van der Waals surface area contributed by atoms with Gasteiger partial charge in [0.1, 0.15) is 0 Å². The molecule has 0 aliphatic heterocycles. The quantitative estimate of drug-likeness (QED) is 0.638. The zero-order chi connectivity index (χ0) is 13.1. The first-order valence-electron chi connectivity index (χ1n) is 7.38. The number of benzene rings is 1. The summed E-state index contributed by atoms with van der Waals surface area (Å²) in [5, 5.41) is 0. The van der Waals surface area contributed by atoms with Gasteiger partial charge in [0.2, 0.25) is 0 Å². The smallest absolute Gasteiger partial charge is 0.0366 e. The standard InChI is InChI=1S/C16H28N2/c1-2-3-14-18(15-10-5-4-9-13-17)16-11-7-6-8-12-16/h6-8,11-12H,2-5,9-10,13-15,17H2,1H3. The van der Waals surface area contributed by atoms with Crippen molar-refractivity contribution in [2.24, 2.45) is 5.73 Å². The monoisotopic (exact) mass is 248 g/mol. The lowest BCUT2D eigenvalue weighted by Gasteiger charge is -2.24. The third-order valence-corrected chi connectivity index (χ3v) is 3.29. The fraction of sp³-hybridized carbons (Fsp3) is 0.625. The Morgan fingerprint density at radius 3 is 2.22 bits per heavy atom.